The molecule has 3 nitrogen and oxygen atoms in total. The molecule has 0 amide bonds. The summed E-state index contributed by atoms with van der Waals surface area (Å²) in [5.74, 6) is 1.28. The van der Waals surface area contributed by atoms with E-state index in [4.69, 9.17) is 9.47 Å². The summed E-state index contributed by atoms with van der Waals surface area (Å²) in [5, 5.41) is 10.7. The zero-order valence-corrected chi connectivity index (χ0v) is 14.2. The van der Waals surface area contributed by atoms with Crippen molar-refractivity contribution in [3.05, 3.63) is 57.1 Å². The molecule has 0 bridgehead atoms. The van der Waals surface area contributed by atoms with Crippen LogP contribution in [0.5, 0.6) is 11.5 Å². The van der Waals surface area contributed by atoms with Crippen LogP contribution in [0, 0.1) is 13.8 Å². The summed E-state index contributed by atoms with van der Waals surface area (Å²) in [5.41, 5.74) is 3.76. The Kier molecular flexibility index (Phi) is 4.91. The maximum absolute atomic E-state index is 10.7. The second kappa shape index (κ2) is 6.50. The van der Waals surface area contributed by atoms with Gasteiger partial charge in [0.2, 0.25) is 0 Å². The van der Waals surface area contributed by atoms with Crippen LogP contribution in [0.1, 0.15) is 28.4 Å². The summed E-state index contributed by atoms with van der Waals surface area (Å²) in [6, 6.07) is 9.64. The first-order valence-electron chi connectivity index (χ1n) is 6.64. The first-order valence-corrected chi connectivity index (χ1v) is 7.43. The summed E-state index contributed by atoms with van der Waals surface area (Å²) >= 11 is 3.42. The van der Waals surface area contributed by atoms with E-state index in [9.17, 15) is 5.11 Å². The fraction of sp³-hybridized carbons (Fsp3) is 0.294. The highest BCUT2D eigenvalue weighted by atomic mass is 79.9. The summed E-state index contributed by atoms with van der Waals surface area (Å²) in [4.78, 5) is 0. The lowest BCUT2D eigenvalue weighted by molar-refractivity contribution is 0.214. The van der Waals surface area contributed by atoms with Crippen LogP contribution in [-0.4, -0.2) is 19.3 Å². The van der Waals surface area contributed by atoms with Gasteiger partial charge in [-0.1, -0.05) is 29.3 Å². The molecule has 0 saturated carbocycles. The maximum atomic E-state index is 10.7. The third kappa shape index (κ3) is 3.39. The summed E-state index contributed by atoms with van der Waals surface area (Å²) in [6.45, 7) is 4.03. The van der Waals surface area contributed by atoms with Crippen molar-refractivity contribution in [1.29, 1.82) is 0 Å². The lowest BCUT2D eigenvalue weighted by Gasteiger charge is -2.18. The topological polar surface area (TPSA) is 38.7 Å². The van der Waals surface area contributed by atoms with Gasteiger partial charge in [-0.15, -0.1) is 0 Å². The minimum atomic E-state index is -0.763. The molecule has 0 aliphatic carbocycles. The fourth-order valence-electron chi connectivity index (χ4n) is 2.45. The van der Waals surface area contributed by atoms with Gasteiger partial charge in [-0.3, -0.25) is 0 Å². The van der Waals surface area contributed by atoms with Crippen LogP contribution in [0.2, 0.25) is 0 Å². The largest absolute Gasteiger partial charge is 0.496 e. The molecule has 1 atom stereocenters. The average Bonchev–Trinajstić information content (AvgIpc) is 2.45. The summed E-state index contributed by atoms with van der Waals surface area (Å²) < 4.78 is 11.5. The van der Waals surface area contributed by atoms with Gasteiger partial charge in [0.15, 0.2) is 0 Å². The molecule has 0 aliphatic rings. The number of halogens is 1. The standard InChI is InChI=1S/C17H19BrO3/c1-10-5-11(2)7-12(6-10)17(19)13-8-16(21-4)14(18)9-15(13)20-3/h5-9,17,19H,1-4H3. The van der Waals surface area contributed by atoms with Gasteiger partial charge in [0.1, 0.15) is 17.6 Å². The molecule has 0 heterocycles. The van der Waals surface area contributed by atoms with Crippen molar-refractivity contribution >= 4 is 15.9 Å². The third-order valence-corrected chi connectivity index (χ3v) is 3.98. The summed E-state index contributed by atoms with van der Waals surface area (Å²) in [7, 11) is 3.19. The van der Waals surface area contributed by atoms with Gasteiger partial charge in [0, 0.05) is 5.56 Å². The van der Waals surface area contributed by atoms with Gasteiger partial charge >= 0.3 is 0 Å². The number of aliphatic hydroxyl groups is 1. The molecule has 1 unspecified atom stereocenters. The van der Waals surface area contributed by atoms with Crippen LogP contribution < -0.4 is 9.47 Å². The molecule has 2 rings (SSSR count). The fourth-order valence-corrected chi connectivity index (χ4v) is 2.93. The van der Waals surface area contributed by atoms with Gasteiger partial charge in [-0.05, 0) is 47.5 Å². The average molecular weight is 351 g/mol. The quantitative estimate of drug-likeness (QED) is 0.899. The van der Waals surface area contributed by atoms with Gasteiger partial charge in [0.05, 0.1) is 18.7 Å². The van der Waals surface area contributed by atoms with Gasteiger partial charge < -0.3 is 14.6 Å². The number of methoxy groups -OCH3 is 2. The number of ether oxygens (including phenoxy) is 2. The molecule has 2 aromatic carbocycles. The third-order valence-electron chi connectivity index (χ3n) is 3.36. The van der Waals surface area contributed by atoms with E-state index in [1.54, 1.807) is 26.4 Å². The Morgan fingerprint density at radius 1 is 0.905 bits per heavy atom. The summed E-state index contributed by atoms with van der Waals surface area (Å²) in [6.07, 6.45) is -0.763. The monoisotopic (exact) mass is 350 g/mol. The number of aliphatic hydroxyl groups excluding tert-OH is 1. The van der Waals surface area contributed by atoms with Crippen molar-refractivity contribution in [3.63, 3.8) is 0 Å². The Balaban J connectivity index is 2.53. The van der Waals surface area contributed by atoms with E-state index in [2.05, 4.69) is 22.0 Å². The molecule has 2 aromatic rings. The SMILES string of the molecule is COc1cc(C(O)c2cc(C)cc(C)c2)c(OC)cc1Br. The Labute approximate surface area is 133 Å². The molecule has 4 heteroatoms. The van der Waals surface area contributed by atoms with E-state index in [1.807, 2.05) is 26.0 Å². The molecule has 0 fully saturated rings. The predicted octanol–water partition coefficient (Wildman–Crippen LogP) is 4.16. The predicted molar refractivity (Wildman–Crippen MR) is 87.2 cm³/mol. The van der Waals surface area contributed by atoms with Gasteiger partial charge in [-0.2, -0.15) is 0 Å². The van der Waals surface area contributed by atoms with Crippen LogP contribution >= 0.6 is 15.9 Å². The lowest BCUT2D eigenvalue weighted by Crippen LogP contribution is -2.04. The van der Waals surface area contributed by atoms with Crippen molar-refractivity contribution in [2.75, 3.05) is 14.2 Å². The van der Waals surface area contributed by atoms with Crippen LogP contribution in [0.25, 0.3) is 0 Å². The van der Waals surface area contributed by atoms with E-state index in [0.29, 0.717) is 17.1 Å². The highest BCUT2D eigenvalue weighted by Gasteiger charge is 2.19. The number of hydrogen-bond acceptors (Lipinski definition) is 3. The number of benzene rings is 2. The Morgan fingerprint density at radius 3 is 2.00 bits per heavy atom. The Hall–Kier alpha value is -1.52. The molecular weight excluding hydrogens is 332 g/mol. The van der Waals surface area contributed by atoms with Crippen molar-refractivity contribution in [1.82, 2.24) is 0 Å². The van der Waals surface area contributed by atoms with Crippen molar-refractivity contribution < 1.29 is 14.6 Å². The molecular formula is C17H19BrO3. The van der Waals surface area contributed by atoms with E-state index in [0.717, 1.165) is 21.2 Å². The highest BCUT2D eigenvalue weighted by Crippen LogP contribution is 2.38. The first-order chi connectivity index (χ1) is 9.96. The van der Waals surface area contributed by atoms with E-state index >= 15 is 0 Å². The molecule has 1 N–H and O–H groups in total. The number of aryl methyl sites for hydroxylation is 2. The maximum Gasteiger partial charge on any atom is 0.133 e. The molecule has 0 spiro atoms. The smallest absolute Gasteiger partial charge is 0.133 e. The molecule has 112 valence electrons. The van der Waals surface area contributed by atoms with Crippen LogP contribution in [0.15, 0.2) is 34.8 Å². The lowest BCUT2D eigenvalue weighted by atomic mass is 9.97. The number of hydrogen-bond donors (Lipinski definition) is 1. The zero-order valence-electron chi connectivity index (χ0n) is 12.6. The van der Waals surface area contributed by atoms with Crippen molar-refractivity contribution in [2.24, 2.45) is 0 Å². The molecule has 0 aromatic heterocycles. The second-order valence-electron chi connectivity index (χ2n) is 5.05. The second-order valence-corrected chi connectivity index (χ2v) is 5.91. The van der Waals surface area contributed by atoms with Gasteiger partial charge in [0.25, 0.3) is 0 Å². The molecule has 21 heavy (non-hydrogen) atoms. The molecule has 0 radical (unpaired) electrons. The molecule has 0 aliphatic heterocycles. The Morgan fingerprint density at radius 2 is 1.48 bits per heavy atom. The van der Waals surface area contributed by atoms with E-state index in [1.165, 1.54) is 0 Å². The zero-order chi connectivity index (χ0) is 15.6. The van der Waals surface area contributed by atoms with Gasteiger partial charge in [-0.25, -0.2) is 0 Å². The Bertz CT molecular complexity index is 632. The highest BCUT2D eigenvalue weighted by molar-refractivity contribution is 9.10. The van der Waals surface area contributed by atoms with Crippen molar-refractivity contribution in [3.8, 4) is 11.5 Å². The normalized spacial score (nSPS) is 12.1. The van der Waals surface area contributed by atoms with Crippen LogP contribution in [-0.2, 0) is 0 Å². The molecule has 0 saturated heterocycles. The van der Waals surface area contributed by atoms with Crippen LogP contribution in [0.4, 0.5) is 0 Å². The first kappa shape index (κ1) is 15.9. The van der Waals surface area contributed by atoms with E-state index in [-0.39, 0.29) is 0 Å². The minimum Gasteiger partial charge on any atom is -0.496 e. The van der Waals surface area contributed by atoms with E-state index < -0.39 is 6.10 Å². The van der Waals surface area contributed by atoms with Crippen LogP contribution in [0.3, 0.4) is 0 Å². The van der Waals surface area contributed by atoms with Crippen molar-refractivity contribution in [2.45, 2.75) is 20.0 Å². The number of rotatable bonds is 4. The minimum absolute atomic E-state index is 0.620.